The molecule has 2 heterocycles. The van der Waals surface area contributed by atoms with Crippen molar-refractivity contribution in [3.05, 3.63) is 17.8 Å². The molecule has 2 rings (SSSR count). The number of nitrogens with zero attached hydrogens (tertiary/aromatic N) is 3. The molecule has 0 aliphatic heterocycles. The van der Waals surface area contributed by atoms with Gasteiger partial charge >= 0.3 is 0 Å². The van der Waals surface area contributed by atoms with E-state index in [4.69, 9.17) is 0 Å². The van der Waals surface area contributed by atoms with Gasteiger partial charge in [0.05, 0.1) is 0 Å². The summed E-state index contributed by atoms with van der Waals surface area (Å²) < 4.78 is 1.68. The van der Waals surface area contributed by atoms with Gasteiger partial charge in [0, 0.05) is 12.2 Å². The van der Waals surface area contributed by atoms with Crippen LogP contribution in [-0.2, 0) is 6.54 Å². The van der Waals surface area contributed by atoms with Crippen molar-refractivity contribution in [3.63, 3.8) is 0 Å². The second kappa shape index (κ2) is 2.73. The molecule has 0 aliphatic rings. The molecular formula is C9H11N3O. The lowest BCUT2D eigenvalue weighted by molar-refractivity contribution is 0.405. The Morgan fingerprint density at radius 3 is 2.85 bits per heavy atom. The van der Waals surface area contributed by atoms with E-state index in [2.05, 4.69) is 9.97 Å². The first-order chi connectivity index (χ1) is 6.22. The molecule has 13 heavy (non-hydrogen) atoms. The van der Waals surface area contributed by atoms with Crippen LogP contribution in [-0.4, -0.2) is 19.6 Å². The Morgan fingerprint density at radius 2 is 2.15 bits per heavy atom. The largest absolute Gasteiger partial charge is 0.480 e. The third-order valence-corrected chi connectivity index (χ3v) is 2.03. The summed E-state index contributed by atoms with van der Waals surface area (Å²) in [5, 5.41) is 9.44. The van der Waals surface area contributed by atoms with Crippen LogP contribution in [0.15, 0.2) is 12.1 Å². The van der Waals surface area contributed by atoms with Crippen molar-refractivity contribution in [3.8, 4) is 6.01 Å². The third-order valence-electron chi connectivity index (χ3n) is 2.03. The van der Waals surface area contributed by atoms with E-state index in [1.54, 1.807) is 4.57 Å². The Labute approximate surface area is 75.9 Å². The molecule has 1 N–H and O–H groups in total. The van der Waals surface area contributed by atoms with E-state index in [1.165, 1.54) is 0 Å². The van der Waals surface area contributed by atoms with Crippen LogP contribution in [0.5, 0.6) is 6.01 Å². The first kappa shape index (κ1) is 8.04. The average Bonchev–Trinajstić information content (AvgIpc) is 2.40. The molecule has 0 unspecified atom stereocenters. The summed E-state index contributed by atoms with van der Waals surface area (Å²) in [5.41, 5.74) is 2.42. The predicted octanol–water partition coefficient (Wildman–Crippen LogP) is 1.47. The maximum absolute atomic E-state index is 9.44. The van der Waals surface area contributed by atoms with Gasteiger partial charge in [-0.25, -0.2) is 4.98 Å². The van der Waals surface area contributed by atoms with E-state index < -0.39 is 0 Å². The van der Waals surface area contributed by atoms with Crippen molar-refractivity contribution in [2.75, 3.05) is 0 Å². The van der Waals surface area contributed by atoms with Crippen molar-refractivity contribution in [2.24, 2.45) is 0 Å². The summed E-state index contributed by atoms with van der Waals surface area (Å²) >= 11 is 0. The lowest BCUT2D eigenvalue weighted by Crippen LogP contribution is -1.95. The first-order valence-corrected chi connectivity index (χ1v) is 4.25. The highest BCUT2D eigenvalue weighted by atomic mass is 16.3. The minimum Gasteiger partial charge on any atom is -0.480 e. The normalized spacial score (nSPS) is 10.9. The Morgan fingerprint density at radius 1 is 1.38 bits per heavy atom. The number of aromatic hydroxyl groups is 1. The molecule has 2 aromatic rings. The van der Waals surface area contributed by atoms with Gasteiger partial charge in [0.25, 0.3) is 6.01 Å². The van der Waals surface area contributed by atoms with Gasteiger partial charge in [-0.15, -0.1) is 0 Å². The van der Waals surface area contributed by atoms with E-state index in [-0.39, 0.29) is 6.01 Å². The monoisotopic (exact) mass is 177 g/mol. The molecule has 4 heteroatoms. The zero-order valence-electron chi connectivity index (χ0n) is 7.65. The van der Waals surface area contributed by atoms with E-state index in [0.29, 0.717) is 6.54 Å². The fourth-order valence-corrected chi connectivity index (χ4v) is 1.38. The maximum atomic E-state index is 9.44. The van der Waals surface area contributed by atoms with E-state index in [9.17, 15) is 5.11 Å². The van der Waals surface area contributed by atoms with Crippen LogP contribution in [0.3, 0.4) is 0 Å². The summed E-state index contributed by atoms with van der Waals surface area (Å²) in [7, 11) is 0. The van der Waals surface area contributed by atoms with Crippen molar-refractivity contribution >= 4 is 11.2 Å². The fraction of sp³-hybridized carbons (Fsp3) is 0.333. The number of imidazole rings is 1. The van der Waals surface area contributed by atoms with Crippen LogP contribution in [0.1, 0.15) is 12.6 Å². The molecule has 0 atom stereocenters. The van der Waals surface area contributed by atoms with Gasteiger partial charge < -0.3 is 5.11 Å². The highest BCUT2D eigenvalue weighted by Crippen LogP contribution is 2.18. The van der Waals surface area contributed by atoms with Gasteiger partial charge in [0.15, 0.2) is 5.65 Å². The molecule has 2 aromatic heterocycles. The number of hydrogen-bond donors (Lipinski definition) is 1. The zero-order valence-corrected chi connectivity index (χ0v) is 7.65. The Hall–Kier alpha value is -1.58. The lowest BCUT2D eigenvalue weighted by Gasteiger charge is -1.99. The molecule has 68 valence electrons. The summed E-state index contributed by atoms with van der Waals surface area (Å²) in [4.78, 5) is 8.29. The number of hydrogen-bond acceptors (Lipinski definition) is 3. The fourth-order valence-electron chi connectivity index (χ4n) is 1.38. The number of pyridine rings is 1. The van der Waals surface area contributed by atoms with Crippen LogP contribution >= 0.6 is 0 Å². The molecule has 0 saturated heterocycles. The second-order valence-corrected chi connectivity index (χ2v) is 2.95. The molecule has 0 aliphatic carbocycles. The topological polar surface area (TPSA) is 50.9 Å². The molecular weight excluding hydrogens is 166 g/mol. The number of rotatable bonds is 1. The highest BCUT2D eigenvalue weighted by Gasteiger charge is 2.08. The highest BCUT2D eigenvalue weighted by molar-refractivity contribution is 5.72. The van der Waals surface area contributed by atoms with Crippen LogP contribution in [0, 0.1) is 6.92 Å². The maximum Gasteiger partial charge on any atom is 0.296 e. The second-order valence-electron chi connectivity index (χ2n) is 2.95. The zero-order chi connectivity index (χ0) is 9.42. The number of aromatic nitrogens is 3. The van der Waals surface area contributed by atoms with Gasteiger partial charge in [0.2, 0.25) is 0 Å². The van der Waals surface area contributed by atoms with Crippen molar-refractivity contribution in [1.82, 2.24) is 14.5 Å². The predicted molar refractivity (Wildman–Crippen MR) is 49.6 cm³/mol. The summed E-state index contributed by atoms with van der Waals surface area (Å²) in [5.74, 6) is 0. The molecule has 0 spiro atoms. The van der Waals surface area contributed by atoms with E-state index in [1.807, 2.05) is 26.0 Å². The first-order valence-electron chi connectivity index (χ1n) is 4.25. The molecule has 0 aromatic carbocycles. The summed E-state index contributed by atoms with van der Waals surface area (Å²) in [6.07, 6.45) is 0. The molecule has 4 nitrogen and oxygen atoms in total. The van der Waals surface area contributed by atoms with E-state index in [0.717, 1.165) is 16.9 Å². The summed E-state index contributed by atoms with van der Waals surface area (Å²) in [6.45, 7) is 4.55. The van der Waals surface area contributed by atoms with Crippen LogP contribution in [0.25, 0.3) is 11.2 Å². The van der Waals surface area contributed by atoms with Crippen molar-refractivity contribution in [2.45, 2.75) is 20.4 Å². The Kier molecular flexibility index (Phi) is 1.69. The Bertz CT molecular complexity index is 447. The minimum absolute atomic E-state index is 0.0376. The SMILES string of the molecule is CCn1c(O)nc2ccc(C)nc21. The summed E-state index contributed by atoms with van der Waals surface area (Å²) in [6, 6.07) is 3.79. The van der Waals surface area contributed by atoms with Crippen LogP contribution < -0.4 is 0 Å². The van der Waals surface area contributed by atoms with Gasteiger partial charge in [0.1, 0.15) is 5.52 Å². The van der Waals surface area contributed by atoms with Gasteiger partial charge in [-0.3, -0.25) is 4.57 Å². The molecule has 0 saturated carbocycles. The van der Waals surface area contributed by atoms with Crippen molar-refractivity contribution in [1.29, 1.82) is 0 Å². The minimum atomic E-state index is 0.0376. The smallest absolute Gasteiger partial charge is 0.296 e. The molecule has 0 fully saturated rings. The molecule has 0 amide bonds. The molecule has 0 radical (unpaired) electrons. The quantitative estimate of drug-likeness (QED) is 0.717. The van der Waals surface area contributed by atoms with Gasteiger partial charge in [-0.05, 0) is 26.0 Å². The van der Waals surface area contributed by atoms with Crippen LogP contribution in [0.4, 0.5) is 0 Å². The number of fused-ring (bicyclic) bond motifs is 1. The van der Waals surface area contributed by atoms with Crippen LogP contribution in [0.2, 0.25) is 0 Å². The lowest BCUT2D eigenvalue weighted by atomic mass is 10.3. The molecule has 0 bridgehead atoms. The van der Waals surface area contributed by atoms with Gasteiger partial charge in [-0.2, -0.15) is 4.98 Å². The number of aryl methyl sites for hydroxylation is 2. The van der Waals surface area contributed by atoms with E-state index >= 15 is 0 Å². The standard InChI is InChI=1S/C9H11N3O/c1-3-12-8-7(11-9(12)13)5-4-6(2)10-8/h4-5H,3H2,1-2H3,(H,11,13). The van der Waals surface area contributed by atoms with Crippen molar-refractivity contribution < 1.29 is 5.11 Å². The van der Waals surface area contributed by atoms with Gasteiger partial charge in [-0.1, -0.05) is 0 Å². The average molecular weight is 177 g/mol. The third kappa shape index (κ3) is 1.14. The Balaban J connectivity index is 2.80.